The summed E-state index contributed by atoms with van der Waals surface area (Å²) in [5.41, 5.74) is 5.63. The Morgan fingerprint density at radius 3 is 2.39 bits per heavy atom. The van der Waals surface area contributed by atoms with E-state index < -0.39 is 0 Å². The van der Waals surface area contributed by atoms with Crippen molar-refractivity contribution in [2.24, 2.45) is 0 Å². The quantitative estimate of drug-likeness (QED) is 0.896. The van der Waals surface area contributed by atoms with E-state index in [1.165, 1.54) is 0 Å². The van der Waals surface area contributed by atoms with Crippen LogP contribution in [0, 0.1) is 6.92 Å². The Morgan fingerprint density at radius 1 is 1.11 bits per heavy atom. The lowest BCUT2D eigenvalue weighted by atomic mass is 10.3. The number of hydrogen-bond donors (Lipinski definition) is 1. The summed E-state index contributed by atoms with van der Waals surface area (Å²) >= 11 is 0. The van der Waals surface area contributed by atoms with Gasteiger partial charge in [0.15, 0.2) is 0 Å². The number of hydrogen-bond acceptors (Lipinski definition) is 5. The molecule has 94 valence electrons. The summed E-state index contributed by atoms with van der Waals surface area (Å²) in [4.78, 5) is 8.12. The lowest BCUT2D eigenvalue weighted by molar-refractivity contribution is 0.339. The van der Waals surface area contributed by atoms with E-state index in [4.69, 9.17) is 15.2 Å². The molecule has 0 saturated heterocycles. The van der Waals surface area contributed by atoms with Crippen LogP contribution in [0.25, 0.3) is 0 Å². The molecule has 0 bridgehead atoms. The fourth-order valence-electron chi connectivity index (χ4n) is 1.51. The number of aromatic nitrogens is 2. The van der Waals surface area contributed by atoms with Gasteiger partial charge in [-0.05, 0) is 38.1 Å². The fourth-order valence-corrected chi connectivity index (χ4v) is 1.51. The summed E-state index contributed by atoms with van der Waals surface area (Å²) in [5.74, 6) is 2.89. The second-order valence-corrected chi connectivity index (χ2v) is 3.68. The Bertz CT molecular complexity index is 506. The molecule has 2 aromatic rings. The van der Waals surface area contributed by atoms with Gasteiger partial charge in [-0.1, -0.05) is 0 Å². The average molecular weight is 245 g/mol. The van der Waals surface area contributed by atoms with Crippen LogP contribution in [-0.2, 0) is 0 Å². The lowest BCUT2D eigenvalue weighted by Gasteiger charge is -2.07. The number of nitrogens with two attached hydrogens (primary N) is 1. The summed E-state index contributed by atoms with van der Waals surface area (Å²) in [6, 6.07) is 8.91. The Hall–Kier alpha value is -2.30. The van der Waals surface area contributed by atoms with Gasteiger partial charge in [-0.25, -0.2) is 4.98 Å². The van der Waals surface area contributed by atoms with E-state index in [1.807, 2.05) is 31.2 Å². The highest BCUT2D eigenvalue weighted by atomic mass is 16.5. The average Bonchev–Trinajstić information content (AvgIpc) is 2.31. The number of nitrogens with zero attached hydrogens (tertiary/aromatic N) is 2. The van der Waals surface area contributed by atoms with Crippen molar-refractivity contribution in [3.05, 3.63) is 36.2 Å². The van der Waals surface area contributed by atoms with Crippen molar-refractivity contribution in [3.63, 3.8) is 0 Å². The number of benzene rings is 1. The largest absolute Gasteiger partial charge is 0.494 e. The Kier molecular flexibility index (Phi) is 3.62. The third kappa shape index (κ3) is 3.10. The molecule has 0 unspecified atom stereocenters. The predicted molar refractivity (Wildman–Crippen MR) is 68.9 cm³/mol. The van der Waals surface area contributed by atoms with Gasteiger partial charge in [0.25, 0.3) is 0 Å². The van der Waals surface area contributed by atoms with Crippen LogP contribution in [0.1, 0.15) is 12.7 Å². The third-order valence-corrected chi connectivity index (χ3v) is 2.19. The van der Waals surface area contributed by atoms with Gasteiger partial charge in [-0.2, -0.15) is 4.98 Å². The number of aryl methyl sites for hydroxylation is 1. The Balaban J connectivity index is 2.13. The van der Waals surface area contributed by atoms with Crippen molar-refractivity contribution in [1.29, 1.82) is 0 Å². The number of ether oxygens (including phenoxy) is 2. The van der Waals surface area contributed by atoms with Crippen LogP contribution in [0.3, 0.4) is 0 Å². The molecule has 1 aromatic carbocycles. The molecule has 0 saturated carbocycles. The van der Waals surface area contributed by atoms with Crippen molar-refractivity contribution in [2.75, 3.05) is 12.3 Å². The number of rotatable bonds is 4. The molecule has 2 N–H and O–H groups in total. The van der Waals surface area contributed by atoms with Crippen molar-refractivity contribution in [1.82, 2.24) is 9.97 Å². The first-order valence-electron chi connectivity index (χ1n) is 5.69. The van der Waals surface area contributed by atoms with Crippen LogP contribution in [0.15, 0.2) is 30.3 Å². The molecule has 5 nitrogen and oxygen atoms in total. The van der Waals surface area contributed by atoms with E-state index in [0.29, 0.717) is 29.9 Å². The summed E-state index contributed by atoms with van der Waals surface area (Å²) < 4.78 is 10.9. The predicted octanol–water partition coefficient (Wildman–Crippen LogP) is 2.56. The van der Waals surface area contributed by atoms with Gasteiger partial charge in [-0.3, -0.25) is 0 Å². The van der Waals surface area contributed by atoms with E-state index in [0.717, 1.165) is 5.75 Å². The van der Waals surface area contributed by atoms with Crippen LogP contribution in [0.4, 0.5) is 5.82 Å². The topological polar surface area (TPSA) is 70.3 Å². The fraction of sp³-hybridized carbons (Fsp3) is 0.231. The van der Waals surface area contributed by atoms with Crippen molar-refractivity contribution >= 4 is 5.82 Å². The highest BCUT2D eigenvalue weighted by molar-refractivity contribution is 5.37. The van der Waals surface area contributed by atoms with Gasteiger partial charge in [0.05, 0.1) is 6.61 Å². The maximum absolute atomic E-state index is 5.63. The zero-order chi connectivity index (χ0) is 13.0. The summed E-state index contributed by atoms with van der Waals surface area (Å²) in [6.07, 6.45) is 0. The van der Waals surface area contributed by atoms with Crippen LogP contribution < -0.4 is 15.2 Å². The molecule has 18 heavy (non-hydrogen) atoms. The van der Waals surface area contributed by atoms with Crippen LogP contribution in [0.2, 0.25) is 0 Å². The molecule has 5 heteroatoms. The molecule has 0 amide bonds. The van der Waals surface area contributed by atoms with Crippen molar-refractivity contribution in [2.45, 2.75) is 13.8 Å². The zero-order valence-corrected chi connectivity index (χ0v) is 10.4. The van der Waals surface area contributed by atoms with Crippen LogP contribution >= 0.6 is 0 Å². The minimum absolute atomic E-state index is 0.392. The molecule has 0 atom stereocenters. The molecular weight excluding hydrogens is 230 g/mol. The highest BCUT2D eigenvalue weighted by Gasteiger charge is 2.02. The van der Waals surface area contributed by atoms with E-state index in [2.05, 4.69) is 9.97 Å². The van der Waals surface area contributed by atoms with Gasteiger partial charge >= 0.3 is 0 Å². The molecule has 0 aliphatic carbocycles. The monoisotopic (exact) mass is 245 g/mol. The molecule has 0 spiro atoms. The second kappa shape index (κ2) is 5.35. The summed E-state index contributed by atoms with van der Waals surface area (Å²) in [7, 11) is 0. The minimum Gasteiger partial charge on any atom is -0.494 e. The van der Waals surface area contributed by atoms with E-state index >= 15 is 0 Å². The van der Waals surface area contributed by atoms with Crippen molar-refractivity contribution < 1.29 is 9.47 Å². The Labute approximate surface area is 106 Å². The maximum Gasteiger partial charge on any atom is 0.224 e. The normalized spacial score (nSPS) is 10.1. The first kappa shape index (κ1) is 12.2. The lowest BCUT2D eigenvalue weighted by Crippen LogP contribution is -1.98. The minimum atomic E-state index is 0.392. The van der Waals surface area contributed by atoms with Crippen molar-refractivity contribution in [3.8, 4) is 17.4 Å². The molecule has 1 aromatic heterocycles. The highest BCUT2D eigenvalue weighted by Crippen LogP contribution is 2.23. The molecule has 0 radical (unpaired) electrons. The number of anilines is 1. The van der Waals surface area contributed by atoms with Gasteiger partial charge in [0, 0.05) is 6.07 Å². The van der Waals surface area contributed by atoms with Gasteiger partial charge in [-0.15, -0.1) is 0 Å². The molecular formula is C13H15N3O2. The molecule has 0 aliphatic rings. The zero-order valence-electron chi connectivity index (χ0n) is 10.4. The van der Waals surface area contributed by atoms with Gasteiger partial charge in [0.2, 0.25) is 5.88 Å². The Morgan fingerprint density at radius 2 is 1.78 bits per heavy atom. The molecule has 1 heterocycles. The van der Waals surface area contributed by atoms with Gasteiger partial charge < -0.3 is 15.2 Å². The molecule has 0 aliphatic heterocycles. The van der Waals surface area contributed by atoms with Crippen LogP contribution in [-0.4, -0.2) is 16.6 Å². The molecule has 2 rings (SSSR count). The first-order valence-corrected chi connectivity index (χ1v) is 5.69. The first-order chi connectivity index (χ1) is 8.67. The van der Waals surface area contributed by atoms with E-state index in [9.17, 15) is 0 Å². The smallest absolute Gasteiger partial charge is 0.224 e. The SMILES string of the molecule is CCOc1ccc(Oc2cc(N)nc(C)n2)cc1. The van der Waals surface area contributed by atoms with Crippen LogP contribution in [0.5, 0.6) is 17.4 Å². The standard InChI is InChI=1S/C13H15N3O2/c1-3-17-10-4-6-11(7-5-10)18-13-8-12(14)15-9(2)16-13/h4-8H,3H2,1-2H3,(H2,14,15,16). The second-order valence-electron chi connectivity index (χ2n) is 3.68. The summed E-state index contributed by atoms with van der Waals surface area (Å²) in [5, 5.41) is 0. The van der Waals surface area contributed by atoms with Gasteiger partial charge in [0.1, 0.15) is 23.1 Å². The van der Waals surface area contributed by atoms with E-state index in [-0.39, 0.29) is 0 Å². The maximum atomic E-state index is 5.63. The number of nitrogen functional groups attached to an aromatic ring is 1. The summed E-state index contributed by atoms with van der Waals surface area (Å²) in [6.45, 7) is 4.35. The third-order valence-electron chi connectivity index (χ3n) is 2.19. The molecule has 0 fully saturated rings. The van der Waals surface area contributed by atoms with E-state index in [1.54, 1.807) is 13.0 Å².